The minimum atomic E-state index is -0.504. The van der Waals surface area contributed by atoms with E-state index in [1.807, 2.05) is 14.0 Å². The Morgan fingerprint density at radius 3 is 2.41 bits per heavy atom. The molecule has 1 amide bonds. The van der Waals surface area contributed by atoms with Gasteiger partial charge in [-0.05, 0) is 25.0 Å². The highest BCUT2D eigenvalue weighted by Gasteiger charge is 2.24. The van der Waals surface area contributed by atoms with E-state index in [0.717, 1.165) is 16.9 Å². The normalized spacial score (nSPS) is 12.9. The molecule has 0 saturated carbocycles. The van der Waals surface area contributed by atoms with Gasteiger partial charge in [0.15, 0.2) is 6.04 Å². The molecule has 0 saturated heterocycles. The second-order valence-electron chi connectivity index (χ2n) is 6.55. The maximum absolute atomic E-state index is 12.6. The number of likely N-dealkylation sites (N-methyl/N-ethyl adjacent to an activating group) is 1. The topological polar surface area (TPSA) is 85.9 Å². The summed E-state index contributed by atoms with van der Waals surface area (Å²) in [6.45, 7) is 4.64. The molecule has 2 aromatic rings. The number of ether oxygens (including phenoxy) is 1. The molecule has 0 aliphatic carbocycles. The van der Waals surface area contributed by atoms with Crippen LogP contribution in [0.15, 0.2) is 42.5 Å². The van der Waals surface area contributed by atoms with Gasteiger partial charge in [0.25, 0.3) is 11.6 Å². The molecule has 2 aromatic carbocycles. The van der Waals surface area contributed by atoms with E-state index in [4.69, 9.17) is 4.74 Å². The van der Waals surface area contributed by atoms with E-state index in [-0.39, 0.29) is 17.6 Å². The third kappa shape index (κ3) is 5.27. The molecule has 7 heteroatoms. The van der Waals surface area contributed by atoms with Gasteiger partial charge in [-0.3, -0.25) is 14.9 Å². The fourth-order valence-corrected chi connectivity index (χ4v) is 2.74. The first-order valence-corrected chi connectivity index (χ1v) is 8.89. The number of aryl methyl sites for hydroxylation is 1. The van der Waals surface area contributed by atoms with Crippen LogP contribution in [0, 0.1) is 10.1 Å². The maximum Gasteiger partial charge on any atom is 0.282 e. The number of nitro benzene ring substituents is 1. The number of carbonyl (C=O) groups excluding carboxylic acids is 1. The van der Waals surface area contributed by atoms with E-state index in [9.17, 15) is 14.9 Å². The van der Waals surface area contributed by atoms with Crippen LogP contribution in [0.4, 0.5) is 11.4 Å². The predicted octanol–water partition coefficient (Wildman–Crippen LogP) is 2.21. The number of hydrogen-bond donors (Lipinski definition) is 2. The van der Waals surface area contributed by atoms with Crippen molar-refractivity contribution in [1.29, 1.82) is 0 Å². The van der Waals surface area contributed by atoms with Crippen molar-refractivity contribution in [2.75, 3.05) is 19.5 Å². The summed E-state index contributed by atoms with van der Waals surface area (Å²) in [6, 6.07) is 12.1. The number of anilines is 1. The maximum atomic E-state index is 12.6. The third-order valence-corrected chi connectivity index (χ3v) is 4.70. The van der Waals surface area contributed by atoms with Crippen molar-refractivity contribution < 1.29 is 19.4 Å². The first-order chi connectivity index (χ1) is 12.8. The molecule has 0 radical (unpaired) electrons. The van der Waals surface area contributed by atoms with Crippen LogP contribution in [0.25, 0.3) is 0 Å². The van der Waals surface area contributed by atoms with Crippen molar-refractivity contribution in [1.82, 2.24) is 0 Å². The molecule has 0 bridgehead atoms. The van der Waals surface area contributed by atoms with Crippen molar-refractivity contribution in [3.8, 4) is 5.75 Å². The molecule has 1 unspecified atom stereocenters. The molecule has 27 heavy (non-hydrogen) atoms. The van der Waals surface area contributed by atoms with E-state index < -0.39 is 4.92 Å². The number of nitro groups is 1. The number of amides is 1. The van der Waals surface area contributed by atoms with Crippen LogP contribution in [0.2, 0.25) is 0 Å². The number of non-ortho nitro benzene ring substituents is 1. The quantitative estimate of drug-likeness (QED) is 0.549. The molecule has 0 heterocycles. The van der Waals surface area contributed by atoms with Gasteiger partial charge in [-0.2, -0.15) is 0 Å². The molecule has 2 atom stereocenters. The number of benzene rings is 2. The molecular weight excluding hydrogens is 346 g/mol. The largest absolute Gasteiger partial charge is 0.495 e. The van der Waals surface area contributed by atoms with Crippen LogP contribution >= 0.6 is 0 Å². The summed E-state index contributed by atoms with van der Waals surface area (Å²) >= 11 is 0. The summed E-state index contributed by atoms with van der Waals surface area (Å²) in [5.74, 6) is 0.158. The fourth-order valence-electron chi connectivity index (χ4n) is 2.74. The van der Waals surface area contributed by atoms with Crippen molar-refractivity contribution >= 4 is 17.3 Å². The van der Waals surface area contributed by atoms with Crippen molar-refractivity contribution in [3.05, 3.63) is 63.7 Å². The number of rotatable bonds is 8. The van der Waals surface area contributed by atoms with Crippen LogP contribution in [-0.2, 0) is 17.8 Å². The highest BCUT2D eigenvalue weighted by atomic mass is 16.6. The van der Waals surface area contributed by atoms with E-state index in [0.29, 0.717) is 18.0 Å². The van der Waals surface area contributed by atoms with Crippen LogP contribution in [0.5, 0.6) is 5.75 Å². The molecule has 7 nitrogen and oxygen atoms in total. The Labute approximate surface area is 159 Å². The van der Waals surface area contributed by atoms with Crippen molar-refractivity contribution in [3.63, 3.8) is 0 Å². The fraction of sp³-hybridized carbons (Fsp3) is 0.350. The van der Waals surface area contributed by atoms with Crippen LogP contribution < -0.4 is 15.0 Å². The number of nitrogens with one attached hydrogen (secondary N) is 2. The summed E-state index contributed by atoms with van der Waals surface area (Å²) < 4.78 is 5.19. The second kappa shape index (κ2) is 9.14. The number of carbonyl (C=O) groups is 1. The van der Waals surface area contributed by atoms with Gasteiger partial charge in [-0.15, -0.1) is 0 Å². The molecule has 0 spiro atoms. The number of quaternary nitrogens is 1. The summed E-state index contributed by atoms with van der Waals surface area (Å²) in [4.78, 5) is 24.1. The lowest BCUT2D eigenvalue weighted by atomic mass is 10.1. The van der Waals surface area contributed by atoms with Crippen LogP contribution in [0.3, 0.4) is 0 Å². The molecule has 144 valence electrons. The standard InChI is InChI=1S/C20H25N3O4/c1-5-15-6-8-16(9-7-15)13-22(3)14(2)20(24)21-18-12-17(23(25)26)10-11-19(18)27-4/h6-12,14H,5,13H2,1-4H3,(H,21,24)/p+1/t14-/m0/s1. The lowest BCUT2D eigenvalue weighted by Crippen LogP contribution is -3.12. The minimum Gasteiger partial charge on any atom is -0.495 e. The summed E-state index contributed by atoms with van der Waals surface area (Å²) in [5, 5.41) is 13.7. The number of hydrogen-bond acceptors (Lipinski definition) is 4. The van der Waals surface area contributed by atoms with Gasteiger partial charge in [0.1, 0.15) is 12.3 Å². The molecule has 0 aliphatic heterocycles. The predicted molar refractivity (Wildman–Crippen MR) is 104 cm³/mol. The summed E-state index contributed by atoms with van der Waals surface area (Å²) in [5.41, 5.74) is 2.62. The highest BCUT2D eigenvalue weighted by molar-refractivity contribution is 5.95. The molecule has 0 fully saturated rings. The molecule has 0 aliphatic rings. The second-order valence-corrected chi connectivity index (χ2v) is 6.55. The van der Waals surface area contributed by atoms with Gasteiger partial charge < -0.3 is 15.0 Å². The number of nitrogens with zero attached hydrogens (tertiary/aromatic N) is 1. The van der Waals surface area contributed by atoms with E-state index in [1.54, 1.807) is 0 Å². The van der Waals surface area contributed by atoms with Crippen LogP contribution in [0.1, 0.15) is 25.0 Å². The van der Waals surface area contributed by atoms with Gasteiger partial charge in [0.05, 0.1) is 24.8 Å². The average molecular weight is 372 g/mol. The highest BCUT2D eigenvalue weighted by Crippen LogP contribution is 2.28. The average Bonchev–Trinajstić information content (AvgIpc) is 2.67. The first kappa shape index (κ1) is 20.4. The SMILES string of the molecule is CCc1ccc(C[NH+](C)[C@@H](C)C(=O)Nc2cc([N+](=O)[O-])ccc2OC)cc1. The Hall–Kier alpha value is -2.93. The lowest BCUT2D eigenvalue weighted by Gasteiger charge is -2.21. The molecule has 2 N–H and O–H groups in total. The zero-order valence-corrected chi connectivity index (χ0v) is 16.1. The Bertz CT molecular complexity index is 805. The Kier molecular flexibility index (Phi) is 6.90. The van der Waals surface area contributed by atoms with Crippen molar-refractivity contribution in [2.45, 2.75) is 32.9 Å². The van der Waals surface area contributed by atoms with E-state index >= 15 is 0 Å². The van der Waals surface area contributed by atoms with Gasteiger partial charge in [-0.1, -0.05) is 31.2 Å². The molecule has 0 aromatic heterocycles. The van der Waals surface area contributed by atoms with Gasteiger partial charge in [0, 0.05) is 17.7 Å². The number of methoxy groups -OCH3 is 1. The van der Waals surface area contributed by atoms with E-state index in [1.165, 1.54) is 30.9 Å². The Morgan fingerprint density at radius 1 is 1.22 bits per heavy atom. The Balaban J connectivity index is 2.07. The molecule has 2 rings (SSSR count). The monoisotopic (exact) mass is 372 g/mol. The van der Waals surface area contributed by atoms with Crippen LogP contribution in [-0.4, -0.2) is 31.0 Å². The molecular formula is C20H26N3O4+. The lowest BCUT2D eigenvalue weighted by molar-refractivity contribution is -0.907. The minimum absolute atomic E-state index is 0.101. The van der Waals surface area contributed by atoms with Gasteiger partial charge in [-0.25, -0.2) is 0 Å². The van der Waals surface area contributed by atoms with Crippen molar-refractivity contribution in [2.24, 2.45) is 0 Å². The first-order valence-electron chi connectivity index (χ1n) is 8.89. The smallest absolute Gasteiger partial charge is 0.282 e. The zero-order chi connectivity index (χ0) is 20.0. The third-order valence-electron chi connectivity index (χ3n) is 4.70. The zero-order valence-electron chi connectivity index (χ0n) is 16.1. The van der Waals surface area contributed by atoms with Gasteiger partial charge >= 0.3 is 0 Å². The Morgan fingerprint density at radius 2 is 1.85 bits per heavy atom. The summed E-state index contributed by atoms with van der Waals surface area (Å²) in [7, 11) is 3.40. The summed E-state index contributed by atoms with van der Waals surface area (Å²) in [6.07, 6.45) is 0.993. The van der Waals surface area contributed by atoms with Gasteiger partial charge in [0.2, 0.25) is 0 Å². The van der Waals surface area contributed by atoms with E-state index in [2.05, 4.69) is 36.5 Å².